The standard InChI is InChI=1S/C36H50N4O6/c1-25(19-27-11-7-5-8-12-27)32(42)38-16-15-36(46,35(3,4)23-38)24-39-22-30(29(20-31(39)41)28-13-9-6-10-14-28)33(43)37-17-18-40(34(44)45)26(2)21-37/h6,9-10,13-14,20,22,25-27,46H,5,7-8,11-12,15-19,21,23-24H2,1-4H3,(H,44,45)/t25?,26-,36-/m1/s1. The van der Waals surface area contributed by atoms with Gasteiger partial charge in [-0.15, -0.1) is 0 Å². The van der Waals surface area contributed by atoms with Crippen LogP contribution >= 0.6 is 0 Å². The Morgan fingerprint density at radius 2 is 1.70 bits per heavy atom. The quantitative estimate of drug-likeness (QED) is 0.445. The van der Waals surface area contributed by atoms with Crippen molar-refractivity contribution in [2.75, 3.05) is 32.7 Å². The van der Waals surface area contributed by atoms with Crippen LogP contribution in [0.4, 0.5) is 4.79 Å². The van der Waals surface area contributed by atoms with Crippen LogP contribution in [0.15, 0.2) is 47.4 Å². The number of hydrogen-bond donors (Lipinski definition) is 2. The normalized spacial score (nSPS) is 24.5. The molecule has 2 aromatic rings. The average Bonchev–Trinajstić information content (AvgIpc) is 3.03. The number of carbonyl (C=O) groups is 3. The molecule has 1 unspecified atom stereocenters. The van der Waals surface area contributed by atoms with Crippen molar-refractivity contribution in [3.8, 4) is 11.1 Å². The van der Waals surface area contributed by atoms with Crippen molar-refractivity contribution >= 4 is 17.9 Å². The number of carbonyl (C=O) groups excluding carboxylic acids is 2. The summed E-state index contributed by atoms with van der Waals surface area (Å²) in [7, 11) is 0. The molecule has 3 fully saturated rings. The van der Waals surface area contributed by atoms with Crippen LogP contribution in [0.1, 0.15) is 83.0 Å². The number of piperidine rings is 1. The number of likely N-dealkylation sites (tertiary alicyclic amines) is 1. The van der Waals surface area contributed by atoms with Crippen LogP contribution < -0.4 is 5.56 Å². The fourth-order valence-corrected chi connectivity index (χ4v) is 7.78. The Labute approximate surface area is 272 Å². The number of piperazine rings is 1. The maximum atomic E-state index is 14.0. The average molecular weight is 635 g/mol. The molecule has 250 valence electrons. The number of hydrogen-bond acceptors (Lipinski definition) is 5. The van der Waals surface area contributed by atoms with Crippen LogP contribution in [-0.4, -0.2) is 91.8 Å². The Balaban J connectivity index is 1.38. The fourth-order valence-electron chi connectivity index (χ4n) is 7.78. The lowest BCUT2D eigenvalue weighted by molar-refractivity contribution is -0.157. The number of aromatic nitrogens is 1. The molecule has 5 rings (SSSR count). The second-order valence-corrected chi connectivity index (χ2v) is 14.6. The third kappa shape index (κ3) is 7.01. The highest BCUT2D eigenvalue weighted by Crippen LogP contribution is 2.41. The number of rotatable bonds is 7. The first-order valence-electron chi connectivity index (χ1n) is 16.9. The molecule has 3 aliphatic rings. The van der Waals surface area contributed by atoms with Crippen LogP contribution in [0.25, 0.3) is 11.1 Å². The minimum absolute atomic E-state index is 0.0168. The first kappa shape index (κ1) is 33.7. The molecule has 10 nitrogen and oxygen atoms in total. The van der Waals surface area contributed by atoms with Gasteiger partial charge in [0.25, 0.3) is 11.5 Å². The largest absolute Gasteiger partial charge is 0.465 e. The molecule has 10 heteroatoms. The van der Waals surface area contributed by atoms with Gasteiger partial charge < -0.3 is 29.5 Å². The van der Waals surface area contributed by atoms with Gasteiger partial charge in [0.15, 0.2) is 0 Å². The Kier molecular flexibility index (Phi) is 9.96. The monoisotopic (exact) mass is 634 g/mol. The highest BCUT2D eigenvalue weighted by Gasteiger charge is 2.49. The summed E-state index contributed by atoms with van der Waals surface area (Å²) < 4.78 is 1.43. The minimum Gasteiger partial charge on any atom is -0.465 e. The number of benzene rings is 1. The molecule has 2 aliphatic heterocycles. The third-order valence-electron chi connectivity index (χ3n) is 10.8. The molecular weight excluding hydrogens is 584 g/mol. The van der Waals surface area contributed by atoms with Crippen LogP contribution in [0.5, 0.6) is 0 Å². The maximum absolute atomic E-state index is 14.0. The van der Waals surface area contributed by atoms with Crippen LogP contribution in [0.3, 0.4) is 0 Å². The molecule has 0 bridgehead atoms. The molecule has 2 N–H and O–H groups in total. The van der Waals surface area contributed by atoms with E-state index in [1.807, 2.05) is 56.0 Å². The zero-order valence-corrected chi connectivity index (χ0v) is 27.8. The Bertz CT molecular complexity index is 1480. The molecule has 2 saturated heterocycles. The maximum Gasteiger partial charge on any atom is 0.407 e. The van der Waals surface area contributed by atoms with E-state index in [-0.39, 0.29) is 55.5 Å². The van der Waals surface area contributed by atoms with Gasteiger partial charge in [-0.3, -0.25) is 14.4 Å². The molecule has 1 aromatic carbocycles. The second kappa shape index (κ2) is 13.6. The third-order valence-corrected chi connectivity index (χ3v) is 10.8. The molecule has 3 amide bonds. The predicted octanol–water partition coefficient (Wildman–Crippen LogP) is 4.94. The van der Waals surface area contributed by atoms with Gasteiger partial charge in [-0.25, -0.2) is 4.79 Å². The van der Waals surface area contributed by atoms with Crippen LogP contribution in [0.2, 0.25) is 0 Å². The number of aliphatic hydroxyl groups is 1. The van der Waals surface area contributed by atoms with Crippen molar-refractivity contribution in [2.24, 2.45) is 17.3 Å². The van der Waals surface area contributed by atoms with Gasteiger partial charge in [0.05, 0.1) is 17.7 Å². The molecule has 46 heavy (non-hydrogen) atoms. The van der Waals surface area contributed by atoms with E-state index in [4.69, 9.17) is 0 Å². The van der Waals surface area contributed by atoms with Gasteiger partial charge in [0.1, 0.15) is 0 Å². The summed E-state index contributed by atoms with van der Waals surface area (Å²) in [5.41, 5.74) is -0.790. The van der Waals surface area contributed by atoms with Crippen molar-refractivity contribution in [1.82, 2.24) is 19.3 Å². The first-order chi connectivity index (χ1) is 21.8. The zero-order chi connectivity index (χ0) is 33.2. The summed E-state index contributed by atoms with van der Waals surface area (Å²) in [6.45, 7) is 9.13. The van der Waals surface area contributed by atoms with E-state index in [9.17, 15) is 29.4 Å². The minimum atomic E-state index is -1.30. The zero-order valence-electron chi connectivity index (χ0n) is 27.8. The summed E-state index contributed by atoms with van der Waals surface area (Å²) in [4.78, 5) is 57.6. The van der Waals surface area contributed by atoms with E-state index in [1.165, 1.54) is 47.6 Å². The van der Waals surface area contributed by atoms with E-state index in [0.717, 1.165) is 12.0 Å². The summed E-state index contributed by atoms with van der Waals surface area (Å²) in [5, 5.41) is 21.6. The second-order valence-electron chi connectivity index (χ2n) is 14.6. The lowest BCUT2D eigenvalue weighted by atomic mass is 9.69. The number of nitrogens with zero attached hydrogens (tertiary/aromatic N) is 4. The SMILES string of the molecule is CC(CC1CCCCC1)C(=O)N1CC[C@@](O)(Cn2cc(C(=O)N3CCN(C(=O)O)[C@H](C)C3)c(-c3ccccc3)cc2=O)C(C)(C)C1. The van der Waals surface area contributed by atoms with Gasteiger partial charge in [-0.05, 0) is 31.2 Å². The highest BCUT2D eigenvalue weighted by molar-refractivity contribution is 6.00. The summed E-state index contributed by atoms with van der Waals surface area (Å²) in [6.07, 6.45) is 7.93. The van der Waals surface area contributed by atoms with E-state index in [1.54, 1.807) is 18.0 Å². The summed E-state index contributed by atoms with van der Waals surface area (Å²) in [6, 6.07) is 10.3. The highest BCUT2D eigenvalue weighted by atomic mass is 16.4. The van der Waals surface area contributed by atoms with Crippen LogP contribution in [0, 0.1) is 17.3 Å². The van der Waals surface area contributed by atoms with Crippen LogP contribution in [-0.2, 0) is 11.3 Å². The molecular formula is C36H50N4O6. The van der Waals surface area contributed by atoms with Crippen molar-refractivity contribution in [2.45, 2.75) is 90.8 Å². The van der Waals surface area contributed by atoms with E-state index in [0.29, 0.717) is 36.6 Å². The van der Waals surface area contributed by atoms with Gasteiger partial charge in [-0.2, -0.15) is 0 Å². The Morgan fingerprint density at radius 3 is 2.33 bits per heavy atom. The molecule has 3 atom stereocenters. The number of carboxylic acid groups (broad SMARTS) is 1. The van der Waals surface area contributed by atoms with Gasteiger partial charge in [0, 0.05) is 67.9 Å². The van der Waals surface area contributed by atoms with Gasteiger partial charge in [-0.1, -0.05) is 83.2 Å². The van der Waals surface area contributed by atoms with Gasteiger partial charge in [0.2, 0.25) is 5.91 Å². The molecule has 3 heterocycles. The summed E-state index contributed by atoms with van der Waals surface area (Å²) >= 11 is 0. The van der Waals surface area contributed by atoms with E-state index < -0.39 is 17.1 Å². The summed E-state index contributed by atoms with van der Waals surface area (Å²) in [5.74, 6) is 0.388. The molecule has 1 aromatic heterocycles. The topological polar surface area (TPSA) is 123 Å². The molecule has 0 radical (unpaired) electrons. The van der Waals surface area contributed by atoms with Gasteiger partial charge >= 0.3 is 6.09 Å². The molecule has 0 spiro atoms. The molecule has 1 saturated carbocycles. The van der Waals surface area contributed by atoms with Crippen molar-refractivity contribution in [3.63, 3.8) is 0 Å². The number of amides is 3. The number of pyridine rings is 1. The predicted molar refractivity (Wildman–Crippen MR) is 177 cm³/mol. The Morgan fingerprint density at radius 1 is 1.00 bits per heavy atom. The first-order valence-corrected chi connectivity index (χ1v) is 16.9. The van der Waals surface area contributed by atoms with Crippen molar-refractivity contribution in [1.29, 1.82) is 0 Å². The lowest BCUT2D eigenvalue weighted by Gasteiger charge is -2.51. The van der Waals surface area contributed by atoms with Crippen molar-refractivity contribution < 1.29 is 24.6 Å². The smallest absolute Gasteiger partial charge is 0.407 e. The fraction of sp³-hybridized carbons (Fsp3) is 0.611. The van der Waals surface area contributed by atoms with Crippen molar-refractivity contribution in [3.05, 3.63) is 58.5 Å². The van der Waals surface area contributed by atoms with E-state index in [2.05, 4.69) is 0 Å². The van der Waals surface area contributed by atoms with E-state index >= 15 is 0 Å². The lowest BCUT2D eigenvalue weighted by Crippen LogP contribution is -2.61. The molecule has 1 aliphatic carbocycles. The Hall–Kier alpha value is -3.66.